The molecule has 3 heterocycles. The summed E-state index contributed by atoms with van der Waals surface area (Å²) in [6.45, 7) is 7.02. The first kappa shape index (κ1) is 24.3. The van der Waals surface area contributed by atoms with Crippen LogP contribution in [0.5, 0.6) is 0 Å². The van der Waals surface area contributed by atoms with Gasteiger partial charge in [0, 0.05) is 49.5 Å². The van der Waals surface area contributed by atoms with Crippen LogP contribution >= 0.6 is 11.6 Å². The van der Waals surface area contributed by atoms with E-state index in [1.54, 1.807) is 0 Å². The number of unbranched alkanes of at least 4 members (excludes halogenated alkanes) is 1. The highest BCUT2D eigenvalue weighted by Gasteiger charge is 2.26. The molecule has 0 bridgehead atoms. The molecule has 7 heteroatoms. The molecule has 2 saturated heterocycles. The monoisotopic (exact) mass is 494 g/mol. The van der Waals surface area contributed by atoms with E-state index in [1.165, 1.54) is 27.8 Å². The number of rotatable bonds is 5. The van der Waals surface area contributed by atoms with Gasteiger partial charge in [-0.05, 0) is 80.0 Å². The van der Waals surface area contributed by atoms with Crippen molar-refractivity contribution in [2.45, 2.75) is 38.5 Å². The van der Waals surface area contributed by atoms with E-state index in [0.717, 1.165) is 102 Å². The molecule has 186 valence electrons. The molecule has 0 saturated carbocycles. The Morgan fingerprint density at radius 2 is 1.80 bits per heavy atom. The Morgan fingerprint density at radius 1 is 1.00 bits per heavy atom. The van der Waals surface area contributed by atoms with Crippen molar-refractivity contribution in [3.05, 3.63) is 69.5 Å². The number of ether oxygens (including phenoxy) is 1. The van der Waals surface area contributed by atoms with Crippen molar-refractivity contribution in [1.82, 2.24) is 20.1 Å². The molecule has 0 atom stereocenters. The van der Waals surface area contributed by atoms with Crippen molar-refractivity contribution < 1.29 is 9.53 Å². The lowest BCUT2D eigenvalue weighted by molar-refractivity contribution is 0.0372. The van der Waals surface area contributed by atoms with E-state index >= 15 is 0 Å². The van der Waals surface area contributed by atoms with Crippen LogP contribution in [0.3, 0.4) is 0 Å². The van der Waals surface area contributed by atoms with Crippen molar-refractivity contribution >= 4 is 23.2 Å². The number of carbonyl (C=O) groups is 1. The zero-order valence-corrected chi connectivity index (χ0v) is 21.2. The number of benzene rings is 1. The summed E-state index contributed by atoms with van der Waals surface area (Å²) in [6, 6.07) is 10.5. The van der Waals surface area contributed by atoms with Gasteiger partial charge in [0.15, 0.2) is 0 Å². The highest BCUT2D eigenvalue weighted by molar-refractivity contribution is 6.30. The number of fused-ring (bicyclic) bond motifs is 2. The number of halogens is 1. The molecular weight excluding hydrogens is 460 g/mol. The number of urea groups is 1. The predicted octanol–water partition coefficient (Wildman–Crippen LogP) is 4.55. The highest BCUT2D eigenvalue weighted by Crippen LogP contribution is 2.38. The Bertz CT molecular complexity index is 1070. The first-order chi connectivity index (χ1) is 17.2. The SMILES string of the molecule is O=C(NCCCCN1CCOCC1)N1CCC(=C2c3ccc(Cl)cc3CCc3cccnc32)CC1. The van der Waals surface area contributed by atoms with Gasteiger partial charge in [0.2, 0.25) is 0 Å². The van der Waals surface area contributed by atoms with Crippen LogP contribution < -0.4 is 5.32 Å². The number of likely N-dealkylation sites (tertiary alicyclic amines) is 1. The number of morpholine rings is 1. The average Bonchev–Trinajstić information content (AvgIpc) is 3.06. The topological polar surface area (TPSA) is 57.7 Å². The van der Waals surface area contributed by atoms with Gasteiger partial charge >= 0.3 is 6.03 Å². The Labute approximate surface area is 213 Å². The number of aromatic nitrogens is 1. The third-order valence-electron chi connectivity index (χ3n) is 7.42. The number of amides is 2. The maximum atomic E-state index is 12.8. The van der Waals surface area contributed by atoms with E-state index in [0.29, 0.717) is 0 Å². The summed E-state index contributed by atoms with van der Waals surface area (Å²) in [6.07, 6.45) is 7.68. The van der Waals surface area contributed by atoms with Gasteiger partial charge in [-0.25, -0.2) is 4.79 Å². The molecule has 2 aromatic rings. The van der Waals surface area contributed by atoms with E-state index in [2.05, 4.69) is 28.4 Å². The molecule has 1 aromatic heterocycles. The van der Waals surface area contributed by atoms with Crippen molar-refractivity contribution in [3.63, 3.8) is 0 Å². The van der Waals surface area contributed by atoms with Gasteiger partial charge in [-0.2, -0.15) is 0 Å². The maximum absolute atomic E-state index is 12.8. The van der Waals surface area contributed by atoms with E-state index in [-0.39, 0.29) is 6.03 Å². The average molecular weight is 495 g/mol. The van der Waals surface area contributed by atoms with Crippen molar-refractivity contribution in [2.24, 2.45) is 0 Å². The van der Waals surface area contributed by atoms with Crippen LogP contribution in [0.2, 0.25) is 5.02 Å². The molecule has 3 aliphatic rings. The largest absolute Gasteiger partial charge is 0.379 e. The summed E-state index contributed by atoms with van der Waals surface area (Å²) >= 11 is 6.34. The Balaban J connectivity index is 1.20. The van der Waals surface area contributed by atoms with E-state index in [4.69, 9.17) is 21.3 Å². The summed E-state index contributed by atoms with van der Waals surface area (Å²) in [7, 11) is 0. The fourth-order valence-electron chi connectivity index (χ4n) is 5.46. The summed E-state index contributed by atoms with van der Waals surface area (Å²) in [5.41, 5.74) is 7.58. The smallest absolute Gasteiger partial charge is 0.317 e. The van der Waals surface area contributed by atoms with E-state index < -0.39 is 0 Å². The third-order valence-corrected chi connectivity index (χ3v) is 7.65. The minimum absolute atomic E-state index is 0.0620. The molecule has 2 amide bonds. The van der Waals surface area contributed by atoms with Crippen LogP contribution in [0.1, 0.15) is 48.1 Å². The Morgan fingerprint density at radius 3 is 2.63 bits per heavy atom. The molecule has 0 radical (unpaired) electrons. The minimum Gasteiger partial charge on any atom is -0.379 e. The van der Waals surface area contributed by atoms with Crippen molar-refractivity contribution in [3.8, 4) is 0 Å². The fourth-order valence-corrected chi connectivity index (χ4v) is 5.65. The Kier molecular flexibility index (Phi) is 8.02. The first-order valence-electron chi connectivity index (χ1n) is 13.0. The molecule has 35 heavy (non-hydrogen) atoms. The van der Waals surface area contributed by atoms with Gasteiger partial charge in [0.25, 0.3) is 0 Å². The highest BCUT2D eigenvalue weighted by atomic mass is 35.5. The predicted molar refractivity (Wildman–Crippen MR) is 140 cm³/mol. The molecule has 5 rings (SSSR count). The Hall–Kier alpha value is -2.41. The van der Waals surface area contributed by atoms with Gasteiger partial charge in [-0.1, -0.05) is 29.3 Å². The summed E-state index contributed by atoms with van der Waals surface area (Å²) in [5.74, 6) is 0. The number of nitrogens with zero attached hydrogens (tertiary/aromatic N) is 3. The van der Waals surface area contributed by atoms with Crippen LogP contribution in [0.25, 0.3) is 5.57 Å². The zero-order chi connectivity index (χ0) is 24.0. The lowest BCUT2D eigenvalue weighted by Gasteiger charge is -2.30. The lowest BCUT2D eigenvalue weighted by Crippen LogP contribution is -2.43. The molecule has 1 aliphatic carbocycles. The number of hydrogen-bond donors (Lipinski definition) is 1. The summed E-state index contributed by atoms with van der Waals surface area (Å²) < 4.78 is 5.40. The van der Waals surface area contributed by atoms with Crippen LogP contribution in [-0.2, 0) is 17.6 Å². The minimum atomic E-state index is 0.0620. The second kappa shape index (κ2) is 11.5. The fraction of sp³-hybridized carbons (Fsp3) is 0.500. The number of piperidine rings is 1. The van der Waals surface area contributed by atoms with Crippen LogP contribution in [0.4, 0.5) is 4.79 Å². The lowest BCUT2D eigenvalue weighted by atomic mass is 9.88. The molecule has 1 N–H and O–H groups in total. The van der Waals surface area contributed by atoms with Crippen LogP contribution in [-0.4, -0.2) is 73.3 Å². The molecule has 0 spiro atoms. The van der Waals surface area contributed by atoms with Crippen molar-refractivity contribution in [2.75, 3.05) is 52.5 Å². The maximum Gasteiger partial charge on any atom is 0.317 e. The quantitative estimate of drug-likeness (QED) is 0.619. The molecule has 1 aromatic carbocycles. The van der Waals surface area contributed by atoms with E-state index in [1.807, 2.05) is 23.2 Å². The molecular formula is C28H35ClN4O2. The van der Waals surface area contributed by atoms with Crippen LogP contribution in [0.15, 0.2) is 42.1 Å². The zero-order valence-electron chi connectivity index (χ0n) is 20.4. The van der Waals surface area contributed by atoms with Gasteiger partial charge < -0.3 is 15.0 Å². The third kappa shape index (κ3) is 5.88. The summed E-state index contributed by atoms with van der Waals surface area (Å²) in [5, 5.41) is 3.91. The van der Waals surface area contributed by atoms with Crippen LogP contribution in [0, 0.1) is 0 Å². The first-order valence-corrected chi connectivity index (χ1v) is 13.3. The number of carbonyl (C=O) groups excluding carboxylic acids is 1. The number of hydrogen-bond acceptors (Lipinski definition) is 4. The second-order valence-electron chi connectivity index (χ2n) is 9.67. The van der Waals surface area contributed by atoms with Gasteiger partial charge in [-0.15, -0.1) is 0 Å². The molecule has 2 aliphatic heterocycles. The number of nitrogens with one attached hydrogen (secondary N) is 1. The van der Waals surface area contributed by atoms with Gasteiger partial charge in [-0.3, -0.25) is 9.88 Å². The standard InChI is InChI=1S/C28H35ClN4O2/c29-24-7-8-25-23(20-24)6-5-22-4-3-12-30-27(22)26(25)21-9-14-33(15-10-21)28(34)31-11-1-2-13-32-16-18-35-19-17-32/h3-4,7-8,12,20H,1-2,5-6,9-11,13-19H2,(H,31,34). The van der Waals surface area contributed by atoms with Crippen molar-refractivity contribution in [1.29, 1.82) is 0 Å². The molecule has 0 unspecified atom stereocenters. The normalized spacial score (nSPS) is 18.6. The molecule has 6 nitrogen and oxygen atoms in total. The summed E-state index contributed by atoms with van der Waals surface area (Å²) in [4.78, 5) is 22.0. The van der Waals surface area contributed by atoms with Gasteiger partial charge in [0.05, 0.1) is 18.9 Å². The second-order valence-corrected chi connectivity index (χ2v) is 10.1. The number of aryl methyl sites for hydroxylation is 2. The van der Waals surface area contributed by atoms with Gasteiger partial charge in [0.1, 0.15) is 0 Å². The number of pyridine rings is 1. The molecule has 2 fully saturated rings. The van der Waals surface area contributed by atoms with E-state index in [9.17, 15) is 4.79 Å².